The maximum atomic E-state index is 13.6. The van der Waals surface area contributed by atoms with Gasteiger partial charge in [0.25, 0.3) is 0 Å². The number of rotatable bonds is 20. The molecular weight excluding hydrogens is 988 g/mol. The van der Waals surface area contributed by atoms with Gasteiger partial charge in [-0.1, -0.05) is 20.8 Å². The molecule has 2 aromatic heterocycles. The monoisotopic (exact) mass is 1060 g/mol. The van der Waals surface area contributed by atoms with E-state index in [1.54, 1.807) is 7.11 Å². The van der Waals surface area contributed by atoms with E-state index in [4.69, 9.17) is 47.7 Å². The highest BCUT2D eigenvalue weighted by molar-refractivity contribution is 6.61. The first-order valence-corrected chi connectivity index (χ1v) is 24.6. The van der Waals surface area contributed by atoms with Crippen LogP contribution in [0.2, 0.25) is 0 Å². The van der Waals surface area contributed by atoms with Crippen LogP contribution in [0.25, 0.3) is 0 Å². The third-order valence-electron chi connectivity index (χ3n) is 11.8. The molecule has 2 aliphatic carbocycles. The molecule has 0 aliphatic heterocycles. The summed E-state index contributed by atoms with van der Waals surface area (Å²) in [5.41, 5.74) is 17.3. The maximum absolute atomic E-state index is 13.6. The summed E-state index contributed by atoms with van der Waals surface area (Å²) in [6, 6.07) is 8.01. The van der Waals surface area contributed by atoms with Gasteiger partial charge in [-0.25, -0.2) is 28.3 Å². The Morgan fingerprint density at radius 2 is 1.03 bits per heavy atom. The number of alkyl carbamates (subject to hydrolysis) is 1. The van der Waals surface area contributed by atoms with Gasteiger partial charge < -0.3 is 66.5 Å². The van der Waals surface area contributed by atoms with Crippen molar-refractivity contribution in [2.24, 2.45) is 5.73 Å². The average Bonchev–Trinajstić information content (AvgIpc) is 3.38. The molecule has 0 bridgehead atoms. The van der Waals surface area contributed by atoms with Gasteiger partial charge in [-0.05, 0) is 107 Å². The molecule has 9 N–H and O–H groups in total. The Labute approximate surface area is 436 Å². The van der Waals surface area contributed by atoms with E-state index >= 15 is 0 Å². The number of carbonyl (C=O) groups is 4. The fourth-order valence-corrected chi connectivity index (χ4v) is 7.67. The number of halogens is 3. The van der Waals surface area contributed by atoms with E-state index in [1.165, 1.54) is 77.6 Å². The number of benzene rings is 2. The van der Waals surface area contributed by atoms with E-state index in [0.717, 1.165) is 63.5 Å². The van der Waals surface area contributed by atoms with E-state index in [2.05, 4.69) is 71.0 Å². The van der Waals surface area contributed by atoms with Crippen molar-refractivity contribution in [3.8, 4) is 11.5 Å². The van der Waals surface area contributed by atoms with Gasteiger partial charge in [0.05, 0.1) is 49.7 Å². The van der Waals surface area contributed by atoms with Crippen LogP contribution in [-0.2, 0) is 18.9 Å². The normalized spacial score (nSPS) is 16.8. The standard InChI is InChI=1S/C22H28FN5O5.C18H22FN5O2.C6H15N.C4H7ClO3/c1-31-9-10-33-22(30)27-15-6-4-14(5-7-15)26-21-25-12-17(20(24)28-21)19(29)16-11-13(23)3-8-18(16)32-2;1-26-15-7-2-10(19)8-13(15)16(25)14-9-22-18(24-17(14)21)23-12-5-3-11(20)4-6-12;1-4-7(5-2)6-3;1-7-2-3-8-4(5)6/h3,8,11-12,14-15H,4-7,9-10H2,1-2H3,(H,27,30)(H3,24,25,26,28);2,7-9,11-12H,3-6,20H2,1H3,(H3,21,22,23,24);4-6H2,1-3H3;2-3H2,1H3. The van der Waals surface area contributed by atoms with E-state index in [1.807, 2.05) is 0 Å². The number of amides is 1. The third-order valence-corrected chi connectivity index (χ3v) is 11.9. The van der Waals surface area contributed by atoms with Crippen molar-refractivity contribution in [1.82, 2.24) is 30.2 Å². The number of carbonyl (C=O) groups excluding carboxylic acids is 4. The van der Waals surface area contributed by atoms with Crippen LogP contribution in [0, 0.1) is 11.6 Å². The molecule has 0 spiro atoms. The summed E-state index contributed by atoms with van der Waals surface area (Å²) in [5, 5.41) is 9.29. The molecule has 0 saturated heterocycles. The predicted octanol–water partition coefficient (Wildman–Crippen LogP) is 7.01. The molecule has 6 rings (SSSR count). The van der Waals surface area contributed by atoms with Gasteiger partial charge in [-0.2, -0.15) is 9.97 Å². The van der Waals surface area contributed by atoms with Gasteiger partial charge in [0.2, 0.25) is 23.5 Å². The van der Waals surface area contributed by atoms with Crippen molar-refractivity contribution in [2.75, 3.05) is 96.6 Å². The Balaban J connectivity index is 0.000000310. The first-order valence-electron chi connectivity index (χ1n) is 24.3. The second-order valence-corrected chi connectivity index (χ2v) is 17.1. The third kappa shape index (κ3) is 21.1. The first-order chi connectivity index (χ1) is 35.5. The molecule has 2 fully saturated rings. The highest BCUT2D eigenvalue weighted by Gasteiger charge is 2.26. The molecule has 74 heavy (non-hydrogen) atoms. The molecule has 0 radical (unpaired) electrons. The van der Waals surface area contributed by atoms with Gasteiger partial charge in [-0.3, -0.25) is 9.59 Å². The second kappa shape index (κ2) is 33.3. The summed E-state index contributed by atoms with van der Waals surface area (Å²) in [5.74, 6) is -0.950. The lowest BCUT2D eigenvalue weighted by Crippen LogP contribution is -2.40. The molecule has 4 aromatic rings. The Kier molecular flexibility index (Phi) is 27.8. The topological polar surface area (TPSA) is 293 Å². The van der Waals surface area contributed by atoms with Crippen LogP contribution >= 0.6 is 11.6 Å². The smallest absolute Gasteiger partial charge is 0.407 e. The minimum atomic E-state index is -0.790. The van der Waals surface area contributed by atoms with E-state index in [-0.39, 0.29) is 82.8 Å². The number of ether oxygens (including phenoxy) is 6. The molecule has 0 unspecified atom stereocenters. The lowest BCUT2D eigenvalue weighted by molar-refractivity contribution is 0.0950. The van der Waals surface area contributed by atoms with E-state index in [9.17, 15) is 28.0 Å². The van der Waals surface area contributed by atoms with Crippen LogP contribution < -0.4 is 42.6 Å². The molecule has 2 saturated carbocycles. The Bertz CT molecular complexity index is 2370. The summed E-state index contributed by atoms with van der Waals surface area (Å²) in [4.78, 5) is 66.2. The summed E-state index contributed by atoms with van der Waals surface area (Å²) >= 11 is 4.80. The van der Waals surface area contributed by atoms with Crippen molar-refractivity contribution in [2.45, 2.75) is 96.3 Å². The highest BCUT2D eigenvalue weighted by atomic mass is 35.5. The lowest BCUT2D eigenvalue weighted by Gasteiger charge is -2.29. The minimum Gasteiger partial charge on any atom is -0.496 e. The van der Waals surface area contributed by atoms with Gasteiger partial charge in [0.15, 0.2) is 0 Å². The quantitative estimate of drug-likeness (QED) is 0.0295. The van der Waals surface area contributed by atoms with E-state index < -0.39 is 34.7 Å². The highest BCUT2D eigenvalue weighted by Crippen LogP contribution is 2.28. The molecule has 0 atom stereocenters. The number of ketones is 2. The zero-order valence-corrected chi connectivity index (χ0v) is 44.0. The van der Waals surface area contributed by atoms with Crippen LogP contribution in [-0.4, -0.2) is 147 Å². The largest absolute Gasteiger partial charge is 0.496 e. The van der Waals surface area contributed by atoms with Crippen LogP contribution in [0.4, 0.5) is 41.9 Å². The van der Waals surface area contributed by atoms with Crippen LogP contribution in [0.15, 0.2) is 48.8 Å². The van der Waals surface area contributed by atoms with Crippen molar-refractivity contribution in [1.29, 1.82) is 0 Å². The fraction of sp³-hybridized carbons (Fsp3) is 0.520. The first kappa shape index (κ1) is 61.8. The number of anilines is 4. The Hall–Kier alpha value is -6.53. The van der Waals surface area contributed by atoms with Crippen molar-refractivity contribution >= 4 is 58.2 Å². The predicted molar refractivity (Wildman–Crippen MR) is 278 cm³/mol. The van der Waals surface area contributed by atoms with Crippen LogP contribution in [0.5, 0.6) is 11.5 Å². The molecule has 408 valence electrons. The molecule has 2 aliphatic rings. The van der Waals surface area contributed by atoms with E-state index in [0.29, 0.717) is 25.1 Å². The van der Waals surface area contributed by atoms with Gasteiger partial charge in [0, 0.05) is 62.4 Å². The number of hydrogen-bond acceptors (Lipinski definition) is 20. The fourth-order valence-electron chi connectivity index (χ4n) is 7.60. The van der Waals surface area contributed by atoms with Gasteiger partial charge >= 0.3 is 11.5 Å². The molecule has 2 heterocycles. The summed E-state index contributed by atoms with van der Waals surface area (Å²) in [6.45, 7) is 11.3. The zero-order valence-electron chi connectivity index (χ0n) is 43.2. The van der Waals surface area contributed by atoms with Crippen molar-refractivity contribution in [3.05, 3.63) is 82.7 Å². The molecule has 21 nitrogen and oxygen atoms in total. The SMILES string of the molecule is CCN(CC)CC.COCCOC(=O)Cl.COCCOC(=O)NC1CCC(Nc2ncc(C(=O)c3cc(F)ccc3OC)c(N)n2)CC1.COc1ccc(F)cc1C(=O)c1cnc(NC2CCC(N)CC2)nc1N. The number of nitrogens with one attached hydrogen (secondary N) is 3. The molecule has 2 aromatic carbocycles. The number of methoxy groups -OCH3 is 4. The van der Waals surface area contributed by atoms with Gasteiger partial charge in [0.1, 0.15) is 48.0 Å². The number of nitrogen functional groups attached to an aromatic ring is 2. The summed E-state index contributed by atoms with van der Waals surface area (Å²) in [6.07, 6.45) is 9.09. The number of hydrogen-bond donors (Lipinski definition) is 6. The van der Waals surface area contributed by atoms with Crippen LogP contribution in [0.1, 0.15) is 104 Å². The molecule has 1 amide bonds. The average molecular weight is 1060 g/mol. The minimum absolute atomic E-state index is 0.0158. The number of aromatic nitrogens is 4. The number of nitrogens with two attached hydrogens (primary N) is 3. The Morgan fingerprint density at radius 3 is 1.39 bits per heavy atom. The summed E-state index contributed by atoms with van der Waals surface area (Å²) < 4.78 is 56.1. The van der Waals surface area contributed by atoms with Crippen molar-refractivity contribution in [3.63, 3.8) is 0 Å². The summed E-state index contributed by atoms with van der Waals surface area (Å²) in [7, 11) is 5.86. The maximum Gasteiger partial charge on any atom is 0.407 e. The second-order valence-electron chi connectivity index (χ2n) is 16.8. The number of nitrogens with zero attached hydrogens (tertiary/aromatic N) is 5. The molecule has 24 heteroatoms. The lowest BCUT2D eigenvalue weighted by atomic mass is 9.91. The van der Waals surface area contributed by atoms with Crippen LogP contribution in [0.3, 0.4) is 0 Å². The Morgan fingerprint density at radius 1 is 0.622 bits per heavy atom. The zero-order chi connectivity index (χ0) is 54.6. The molecular formula is C50H72ClF2N11O10. The van der Waals surface area contributed by atoms with Crippen molar-refractivity contribution < 1.29 is 56.4 Å². The van der Waals surface area contributed by atoms with Gasteiger partial charge in [-0.15, -0.1) is 0 Å².